The standard InChI is InChI=1S/C9H8O.Mn.4H2O.Sb.Ti/c1-2-6-9-8(4-1)5-3-7-10-9;;;;;;;/h1-6H,7H2;;4*1H2;;. The minimum atomic E-state index is 0. The number of hydrogen-bond acceptors (Lipinski definition) is 1. The predicted octanol–water partition coefficient (Wildman–Crippen LogP) is -1.59. The van der Waals surface area contributed by atoms with Crippen molar-refractivity contribution in [1.29, 1.82) is 0 Å². The average molecular weight is 429 g/mol. The molecule has 1 aromatic carbocycles. The number of benzene rings is 1. The fourth-order valence-electron chi connectivity index (χ4n) is 1.06. The van der Waals surface area contributed by atoms with Gasteiger partial charge >= 0.3 is 0 Å². The van der Waals surface area contributed by atoms with Gasteiger partial charge in [0.1, 0.15) is 12.4 Å². The van der Waals surface area contributed by atoms with Gasteiger partial charge in [-0.3, -0.25) is 0 Å². The quantitative estimate of drug-likeness (QED) is 0.452. The fraction of sp³-hybridized carbons (Fsp3) is 0.111. The van der Waals surface area contributed by atoms with Crippen molar-refractivity contribution in [2.45, 2.75) is 0 Å². The third-order valence-electron chi connectivity index (χ3n) is 1.55. The Morgan fingerprint density at radius 2 is 1.47 bits per heavy atom. The molecular weight excluding hydrogens is 413 g/mol. The van der Waals surface area contributed by atoms with Crippen LogP contribution in [0.5, 0.6) is 5.75 Å². The van der Waals surface area contributed by atoms with Crippen LogP contribution >= 0.6 is 0 Å². The molecule has 8 heteroatoms. The summed E-state index contributed by atoms with van der Waals surface area (Å²) >= 11 is 0. The maximum Gasteiger partial charge on any atom is 0.126 e. The van der Waals surface area contributed by atoms with Crippen LogP contribution in [0.4, 0.5) is 0 Å². The molecule has 0 unspecified atom stereocenters. The van der Waals surface area contributed by atoms with Gasteiger partial charge in [-0.15, -0.1) is 0 Å². The number of ether oxygens (including phenoxy) is 1. The van der Waals surface area contributed by atoms with Crippen LogP contribution in [-0.4, -0.2) is 52.9 Å². The molecule has 0 spiro atoms. The second-order valence-corrected chi connectivity index (χ2v) is 2.25. The van der Waals surface area contributed by atoms with Crippen LogP contribution in [0.2, 0.25) is 0 Å². The van der Waals surface area contributed by atoms with Crippen LogP contribution in [-0.2, 0) is 38.8 Å². The number of fused-ring (bicyclic) bond motifs is 1. The number of hydrogen-bond donors (Lipinski definition) is 0. The maximum atomic E-state index is 5.34. The van der Waals surface area contributed by atoms with Crippen LogP contribution in [0.3, 0.4) is 0 Å². The van der Waals surface area contributed by atoms with E-state index < -0.39 is 0 Å². The van der Waals surface area contributed by atoms with Crippen molar-refractivity contribution in [1.82, 2.24) is 0 Å². The summed E-state index contributed by atoms with van der Waals surface area (Å²) in [5.74, 6) is 0.991. The first-order valence-electron chi connectivity index (χ1n) is 3.35. The van der Waals surface area contributed by atoms with Gasteiger partial charge in [-0.25, -0.2) is 0 Å². The molecule has 1 aliphatic heterocycles. The Labute approximate surface area is 143 Å². The minimum Gasteiger partial charge on any atom is -0.489 e. The van der Waals surface area contributed by atoms with Crippen LogP contribution in [0.15, 0.2) is 30.3 Å². The van der Waals surface area contributed by atoms with Crippen molar-refractivity contribution < 1.29 is 65.4 Å². The predicted molar refractivity (Wildman–Crippen MR) is 61.2 cm³/mol. The third kappa shape index (κ3) is 10.3. The average Bonchev–Trinajstić information content (AvgIpc) is 2.05. The zero-order valence-electron chi connectivity index (χ0n) is 8.90. The van der Waals surface area contributed by atoms with E-state index in [2.05, 4.69) is 6.08 Å². The van der Waals surface area contributed by atoms with E-state index in [1.54, 1.807) is 0 Å². The zero-order chi connectivity index (χ0) is 6.81. The first-order valence-corrected chi connectivity index (χ1v) is 3.35. The molecule has 2 rings (SSSR count). The summed E-state index contributed by atoms with van der Waals surface area (Å²) < 4.78 is 5.34. The molecule has 0 fully saturated rings. The Hall–Kier alpha value is 0.652. The summed E-state index contributed by atoms with van der Waals surface area (Å²) in [4.78, 5) is 0. The first-order chi connectivity index (χ1) is 4.97. The molecule has 0 aliphatic carbocycles. The Kier molecular flexibility index (Phi) is 40.3. The first kappa shape index (κ1) is 36.1. The number of para-hydroxylation sites is 1. The summed E-state index contributed by atoms with van der Waals surface area (Å²) in [5, 5.41) is 0. The van der Waals surface area contributed by atoms with Gasteiger partial charge in [0.15, 0.2) is 0 Å². The Morgan fingerprint density at radius 1 is 0.941 bits per heavy atom. The molecule has 0 atom stereocenters. The molecule has 0 saturated heterocycles. The van der Waals surface area contributed by atoms with Gasteiger partial charge in [0.25, 0.3) is 0 Å². The third-order valence-corrected chi connectivity index (χ3v) is 1.55. The van der Waals surface area contributed by atoms with E-state index in [4.69, 9.17) is 4.74 Å². The Balaban J connectivity index is -0.0000000432. The van der Waals surface area contributed by atoms with Gasteiger partial charge in [0.2, 0.25) is 0 Å². The molecule has 1 heterocycles. The zero-order valence-corrected chi connectivity index (χ0v) is 14.2. The Morgan fingerprint density at radius 3 is 2.00 bits per heavy atom. The summed E-state index contributed by atoms with van der Waals surface area (Å²) in [6.07, 6.45) is 4.10. The van der Waals surface area contributed by atoms with E-state index >= 15 is 0 Å². The monoisotopic (exact) mass is 428 g/mol. The largest absolute Gasteiger partial charge is 0.489 e. The second-order valence-electron chi connectivity index (χ2n) is 2.25. The van der Waals surface area contributed by atoms with Gasteiger partial charge in [-0.05, 0) is 12.1 Å². The van der Waals surface area contributed by atoms with Crippen LogP contribution < -0.4 is 4.74 Å². The van der Waals surface area contributed by atoms with Gasteiger partial charge < -0.3 is 26.6 Å². The summed E-state index contributed by atoms with van der Waals surface area (Å²) in [6, 6.07) is 8.03. The van der Waals surface area contributed by atoms with Crippen LogP contribution in [0.1, 0.15) is 5.56 Å². The molecule has 0 aromatic heterocycles. The molecule has 98 valence electrons. The van der Waals surface area contributed by atoms with E-state index in [1.807, 2.05) is 30.3 Å². The molecule has 0 saturated carbocycles. The van der Waals surface area contributed by atoms with E-state index in [0.717, 1.165) is 5.75 Å². The van der Waals surface area contributed by atoms with Crippen molar-refractivity contribution in [2.24, 2.45) is 0 Å². The molecular formula is C9H16MnO5SbTi. The van der Waals surface area contributed by atoms with Crippen LogP contribution in [0.25, 0.3) is 6.08 Å². The normalized spacial score (nSPS) is 8.24. The second kappa shape index (κ2) is 19.0. The van der Waals surface area contributed by atoms with E-state index in [1.165, 1.54) is 5.56 Å². The SMILES string of the molecule is C1=Cc2ccccc2OC1.O.O.O.O.[Mn].[Sb].[Ti]. The summed E-state index contributed by atoms with van der Waals surface area (Å²) in [7, 11) is 0. The van der Waals surface area contributed by atoms with Crippen molar-refractivity contribution in [3.63, 3.8) is 0 Å². The minimum absolute atomic E-state index is 0. The van der Waals surface area contributed by atoms with Gasteiger partial charge in [0, 0.05) is 68.8 Å². The number of rotatable bonds is 0. The molecule has 17 heavy (non-hydrogen) atoms. The molecule has 4 radical (unpaired) electrons. The smallest absolute Gasteiger partial charge is 0.126 e. The van der Waals surface area contributed by atoms with Crippen molar-refractivity contribution in [3.05, 3.63) is 35.9 Å². The van der Waals surface area contributed by atoms with Gasteiger partial charge in [-0.1, -0.05) is 24.3 Å². The van der Waals surface area contributed by atoms with Gasteiger partial charge in [-0.2, -0.15) is 0 Å². The maximum absolute atomic E-state index is 5.34. The van der Waals surface area contributed by atoms with Crippen LogP contribution in [0, 0.1) is 0 Å². The topological polar surface area (TPSA) is 135 Å². The fourth-order valence-corrected chi connectivity index (χ4v) is 1.06. The van der Waals surface area contributed by atoms with E-state index in [9.17, 15) is 0 Å². The van der Waals surface area contributed by atoms with E-state index in [0.29, 0.717) is 6.61 Å². The summed E-state index contributed by atoms with van der Waals surface area (Å²) in [5.41, 5.74) is 1.17. The molecule has 0 amide bonds. The van der Waals surface area contributed by atoms with Gasteiger partial charge in [0.05, 0.1) is 0 Å². The van der Waals surface area contributed by atoms with Crippen molar-refractivity contribution in [3.8, 4) is 5.75 Å². The van der Waals surface area contributed by atoms with Crippen molar-refractivity contribution >= 4 is 30.5 Å². The molecule has 0 bridgehead atoms. The molecule has 5 nitrogen and oxygen atoms in total. The van der Waals surface area contributed by atoms with E-state index in [-0.39, 0.29) is 85.1 Å². The molecule has 8 N–H and O–H groups in total. The summed E-state index contributed by atoms with van der Waals surface area (Å²) in [6.45, 7) is 0.705. The Bertz CT molecular complexity index is 288. The van der Waals surface area contributed by atoms with Crippen molar-refractivity contribution in [2.75, 3.05) is 6.61 Å². The molecule has 1 aromatic rings. The molecule has 1 aliphatic rings.